The number of anilines is 1. The van der Waals surface area contributed by atoms with Gasteiger partial charge in [0.05, 0.1) is 30.1 Å². The Morgan fingerprint density at radius 3 is 2.35 bits per heavy atom. The summed E-state index contributed by atoms with van der Waals surface area (Å²) in [6, 6.07) is 8.53. The van der Waals surface area contributed by atoms with Crippen molar-refractivity contribution in [2.24, 2.45) is 7.05 Å². The minimum Gasteiger partial charge on any atom is -0.324 e. The molecule has 1 aromatic carbocycles. The van der Waals surface area contributed by atoms with Crippen LogP contribution in [0.1, 0.15) is 29.4 Å². The van der Waals surface area contributed by atoms with E-state index in [4.69, 9.17) is 11.6 Å². The number of hydrogen-bond acceptors (Lipinski definition) is 5. The molecule has 4 rings (SSSR count). The number of aromatic nitrogens is 5. The first kappa shape index (κ1) is 23.4. The molecule has 0 saturated carbocycles. The molecular formula is C24H21ClF2N6O. The number of pyridine rings is 1. The van der Waals surface area contributed by atoms with Crippen molar-refractivity contribution in [3.05, 3.63) is 89.0 Å². The molecule has 3 heterocycles. The minimum absolute atomic E-state index is 0.0707. The van der Waals surface area contributed by atoms with Gasteiger partial charge in [0.1, 0.15) is 11.0 Å². The molecule has 4 aromatic rings. The van der Waals surface area contributed by atoms with Crippen LogP contribution in [0.3, 0.4) is 0 Å². The summed E-state index contributed by atoms with van der Waals surface area (Å²) < 4.78 is 29.0. The van der Waals surface area contributed by atoms with E-state index in [9.17, 15) is 13.6 Å². The van der Waals surface area contributed by atoms with Crippen molar-refractivity contribution in [1.82, 2.24) is 24.7 Å². The number of nitrogens with zero attached hydrogens (tertiary/aromatic N) is 5. The van der Waals surface area contributed by atoms with Crippen molar-refractivity contribution in [2.75, 3.05) is 5.32 Å². The summed E-state index contributed by atoms with van der Waals surface area (Å²) in [5.74, 6) is -2.82. The van der Waals surface area contributed by atoms with Crippen LogP contribution in [-0.4, -0.2) is 30.6 Å². The molecule has 0 radical (unpaired) electrons. The lowest BCUT2D eigenvalue weighted by Gasteiger charge is -2.13. The maximum absolute atomic E-state index is 13.6. The fourth-order valence-corrected chi connectivity index (χ4v) is 3.64. The zero-order valence-corrected chi connectivity index (χ0v) is 19.2. The molecule has 0 unspecified atom stereocenters. The van der Waals surface area contributed by atoms with E-state index >= 15 is 0 Å². The first-order chi connectivity index (χ1) is 16.2. The van der Waals surface area contributed by atoms with Crippen LogP contribution in [-0.2, 0) is 30.6 Å². The van der Waals surface area contributed by atoms with Gasteiger partial charge in [-0.1, -0.05) is 35.9 Å². The van der Waals surface area contributed by atoms with Gasteiger partial charge in [-0.3, -0.25) is 9.48 Å². The van der Waals surface area contributed by atoms with Gasteiger partial charge in [-0.25, -0.2) is 23.7 Å². The van der Waals surface area contributed by atoms with E-state index in [1.54, 1.807) is 23.3 Å². The SMILES string of the molecule is Cn1cc(Cc2ncc(-c3ccc(CC(=O)Nc4cnc(Cl)c(C(C)(F)F)c4)cc3)cn2)cn1. The van der Waals surface area contributed by atoms with E-state index in [-0.39, 0.29) is 23.2 Å². The Labute approximate surface area is 199 Å². The summed E-state index contributed by atoms with van der Waals surface area (Å²) in [7, 11) is 1.86. The van der Waals surface area contributed by atoms with Crippen LogP contribution in [0.25, 0.3) is 11.1 Å². The zero-order chi connectivity index (χ0) is 24.3. The molecule has 174 valence electrons. The Morgan fingerprint density at radius 2 is 1.74 bits per heavy atom. The van der Waals surface area contributed by atoms with Crippen molar-refractivity contribution in [3.8, 4) is 11.1 Å². The van der Waals surface area contributed by atoms with E-state index in [0.29, 0.717) is 12.2 Å². The van der Waals surface area contributed by atoms with Gasteiger partial charge in [0.2, 0.25) is 5.91 Å². The molecule has 0 saturated heterocycles. The Bertz CT molecular complexity index is 1300. The lowest BCUT2D eigenvalue weighted by molar-refractivity contribution is -0.115. The fourth-order valence-electron chi connectivity index (χ4n) is 3.37. The number of hydrogen-bond donors (Lipinski definition) is 1. The van der Waals surface area contributed by atoms with Crippen LogP contribution < -0.4 is 5.32 Å². The lowest BCUT2D eigenvalue weighted by Crippen LogP contribution is -2.16. The quantitative estimate of drug-likeness (QED) is 0.382. The zero-order valence-electron chi connectivity index (χ0n) is 18.5. The average molecular weight is 483 g/mol. The van der Waals surface area contributed by atoms with Crippen molar-refractivity contribution < 1.29 is 13.6 Å². The number of rotatable bonds is 7. The number of alkyl halides is 2. The normalized spacial score (nSPS) is 11.4. The van der Waals surface area contributed by atoms with Crippen LogP contribution in [0.5, 0.6) is 0 Å². The topological polar surface area (TPSA) is 85.6 Å². The smallest absolute Gasteiger partial charge is 0.273 e. The van der Waals surface area contributed by atoms with Crippen molar-refractivity contribution in [3.63, 3.8) is 0 Å². The van der Waals surface area contributed by atoms with Gasteiger partial charge in [0.15, 0.2) is 0 Å². The largest absolute Gasteiger partial charge is 0.324 e. The summed E-state index contributed by atoms with van der Waals surface area (Å²) in [6.07, 6.45) is 9.14. The van der Waals surface area contributed by atoms with E-state index in [0.717, 1.165) is 35.2 Å². The summed E-state index contributed by atoms with van der Waals surface area (Å²) in [6.45, 7) is 0.725. The predicted molar refractivity (Wildman–Crippen MR) is 125 cm³/mol. The summed E-state index contributed by atoms with van der Waals surface area (Å²) in [5.41, 5.74) is 3.28. The molecule has 1 amide bonds. The second-order valence-electron chi connectivity index (χ2n) is 7.96. The van der Waals surface area contributed by atoms with Crippen molar-refractivity contribution in [1.29, 1.82) is 0 Å². The molecule has 0 atom stereocenters. The molecule has 3 aromatic heterocycles. The molecular weight excluding hydrogens is 462 g/mol. The molecule has 0 fully saturated rings. The van der Waals surface area contributed by atoms with Gasteiger partial charge in [-0.05, 0) is 22.8 Å². The highest BCUT2D eigenvalue weighted by Gasteiger charge is 2.28. The Kier molecular flexibility index (Phi) is 6.65. The van der Waals surface area contributed by atoms with Crippen LogP contribution >= 0.6 is 11.6 Å². The second kappa shape index (κ2) is 9.64. The first-order valence-electron chi connectivity index (χ1n) is 10.4. The van der Waals surface area contributed by atoms with E-state index in [1.807, 2.05) is 37.5 Å². The third-order valence-electron chi connectivity index (χ3n) is 5.07. The van der Waals surface area contributed by atoms with E-state index in [2.05, 4.69) is 25.4 Å². The highest BCUT2D eigenvalue weighted by Crippen LogP contribution is 2.33. The lowest BCUT2D eigenvalue weighted by atomic mass is 10.0. The highest BCUT2D eigenvalue weighted by atomic mass is 35.5. The summed E-state index contributed by atoms with van der Waals surface area (Å²) in [4.78, 5) is 25.0. The molecule has 0 bridgehead atoms. The number of halogens is 3. The van der Waals surface area contributed by atoms with Gasteiger partial charge >= 0.3 is 0 Å². The number of nitrogens with one attached hydrogen (secondary N) is 1. The molecule has 0 spiro atoms. The second-order valence-corrected chi connectivity index (χ2v) is 8.32. The predicted octanol–water partition coefficient (Wildman–Crippen LogP) is 4.81. The van der Waals surface area contributed by atoms with E-state index < -0.39 is 11.5 Å². The Hall–Kier alpha value is -3.72. The van der Waals surface area contributed by atoms with Crippen molar-refractivity contribution in [2.45, 2.75) is 25.7 Å². The molecule has 0 aliphatic heterocycles. The van der Waals surface area contributed by atoms with Crippen LogP contribution in [0.2, 0.25) is 5.15 Å². The number of aryl methyl sites for hydroxylation is 1. The van der Waals surface area contributed by atoms with Crippen LogP contribution in [0.4, 0.5) is 14.5 Å². The Balaban J connectivity index is 1.37. The Morgan fingerprint density at radius 1 is 1.03 bits per heavy atom. The molecule has 7 nitrogen and oxygen atoms in total. The van der Waals surface area contributed by atoms with Gasteiger partial charge in [-0.15, -0.1) is 0 Å². The van der Waals surface area contributed by atoms with Gasteiger partial charge in [0, 0.05) is 44.5 Å². The van der Waals surface area contributed by atoms with Gasteiger partial charge < -0.3 is 5.32 Å². The maximum Gasteiger partial charge on any atom is 0.273 e. The average Bonchev–Trinajstić information content (AvgIpc) is 3.20. The molecule has 0 aliphatic rings. The maximum atomic E-state index is 13.6. The standard InChI is InChI=1S/C24H21ClF2N6O/c1-24(26,27)20-9-19(13-30-23(20)25)32-22(34)8-15-3-5-17(6-4-15)18-11-28-21(29-12-18)7-16-10-31-33(2)14-16/h3-6,9-14H,7-8H2,1-2H3,(H,32,34). The summed E-state index contributed by atoms with van der Waals surface area (Å²) in [5, 5.41) is 6.43. The molecule has 0 aliphatic carbocycles. The number of carbonyl (C=O) groups excluding carboxylic acids is 1. The first-order valence-corrected chi connectivity index (χ1v) is 10.8. The minimum atomic E-state index is -3.17. The van der Waals surface area contributed by atoms with Gasteiger partial charge in [0.25, 0.3) is 5.92 Å². The number of benzene rings is 1. The number of amides is 1. The van der Waals surface area contributed by atoms with E-state index in [1.165, 1.54) is 6.20 Å². The summed E-state index contributed by atoms with van der Waals surface area (Å²) >= 11 is 5.74. The third kappa shape index (κ3) is 5.79. The molecule has 34 heavy (non-hydrogen) atoms. The van der Waals surface area contributed by atoms with Crippen LogP contribution in [0, 0.1) is 0 Å². The molecule has 10 heteroatoms. The number of carbonyl (C=O) groups is 1. The fraction of sp³-hybridized carbons (Fsp3) is 0.208. The third-order valence-corrected chi connectivity index (χ3v) is 5.37. The van der Waals surface area contributed by atoms with Gasteiger partial charge in [-0.2, -0.15) is 5.10 Å². The van der Waals surface area contributed by atoms with Crippen LogP contribution in [0.15, 0.2) is 61.3 Å². The molecule has 1 N–H and O–H groups in total. The monoisotopic (exact) mass is 482 g/mol. The van der Waals surface area contributed by atoms with Crippen molar-refractivity contribution >= 4 is 23.2 Å². The highest BCUT2D eigenvalue weighted by molar-refractivity contribution is 6.30.